The maximum Gasteiger partial charge on any atom is 0.223 e. The van der Waals surface area contributed by atoms with Crippen molar-refractivity contribution in [2.45, 2.75) is 38.1 Å². The highest BCUT2D eigenvalue weighted by atomic mass is 16.5. The fourth-order valence-electron chi connectivity index (χ4n) is 2.70. The SMILES string of the molecule is Cc1nccc(CCC(=O)N2CCOCC23CC3)n1. The third kappa shape index (κ3) is 2.61. The fraction of sp³-hybridized carbons (Fsp3) is 0.643. The van der Waals surface area contributed by atoms with Gasteiger partial charge in [-0.2, -0.15) is 0 Å². The zero-order valence-electron chi connectivity index (χ0n) is 11.3. The Morgan fingerprint density at radius 2 is 2.37 bits per heavy atom. The minimum Gasteiger partial charge on any atom is -0.377 e. The van der Waals surface area contributed by atoms with Gasteiger partial charge in [-0.1, -0.05) is 0 Å². The second-order valence-corrected chi connectivity index (χ2v) is 5.42. The number of morpholine rings is 1. The van der Waals surface area contributed by atoms with Crippen LogP contribution in [-0.4, -0.2) is 46.1 Å². The Kier molecular flexibility index (Phi) is 3.22. The van der Waals surface area contributed by atoms with Gasteiger partial charge in [-0.15, -0.1) is 0 Å². The van der Waals surface area contributed by atoms with Crippen molar-refractivity contribution in [3.05, 3.63) is 23.8 Å². The molecule has 1 saturated carbocycles. The Hall–Kier alpha value is -1.49. The number of nitrogens with zero attached hydrogens (tertiary/aromatic N) is 3. The molecule has 1 aliphatic heterocycles. The maximum atomic E-state index is 12.3. The van der Waals surface area contributed by atoms with Crippen LogP contribution >= 0.6 is 0 Å². The first-order valence-corrected chi connectivity index (χ1v) is 6.86. The lowest BCUT2D eigenvalue weighted by Crippen LogP contribution is -2.50. The number of aryl methyl sites for hydroxylation is 2. The summed E-state index contributed by atoms with van der Waals surface area (Å²) in [6, 6.07) is 1.88. The van der Waals surface area contributed by atoms with E-state index in [-0.39, 0.29) is 11.4 Å². The number of ether oxygens (including phenoxy) is 1. The van der Waals surface area contributed by atoms with E-state index in [4.69, 9.17) is 4.74 Å². The molecule has 5 heteroatoms. The molecule has 2 fully saturated rings. The van der Waals surface area contributed by atoms with Crippen LogP contribution in [0.15, 0.2) is 12.3 Å². The number of carbonyl (C=O) groups excluding carboxylic acids is 1. The minimum atomic E-state index is 0.0386. The molecule has 1 aromatic rings. The maximum absolute atomic E-state index is 12.3. The van der Waals surface area contributed by atoms with Crippen molar-refractivity contribution in [1.29, 1.82) is 0 Å². The van der Waals surface area contributed by atoms with Crippen LogP contribution in [0.1, 0.15) is 30.8 Å². The fourth-order valence-corrected chi connectivity index (χ4v) is 2.70. The molecular weight excluding hydrogens is 242 g/mol. The number of hydrogen-bond donors (Lipinski definition) is 0. The summed E-state index contributed by atoms with van der Waals surface area (Å²) < 4.78 is 5.49. The molecule has 1 amide bonds. The van der Waals surface area contributed by atoms with Crippen LogP contribution in [0.25, 0.3) is 0 Å². The highest BCUT2D eigenvalue weighted by molar-refractivity contribution is 5.78. The molecule has 1 spiro atoms. The first-order valence-electron chi connectivity index (χ1n) is 6.86. The van der Waals surface area contributed by atoms with E-state index in [9.17, 15) is 4.79 Å². The molecule has 1 aromatic heterocycles. The topological polar surface area (TPSA) is 55.3 Å². The standard InChI is InChI=1S/C14H19N3O2/c1-11-15-7-4-12(16-11)2-3-13(18)17-8-9-19-10-14(17)5-6-14/h4,7H,2-3,5-6,8-10H2,1H3. The van der Waals surface area contributed by atoms with Crippen molar-refractivity contribution in [3.63, 3.8) is 0 Å². The summed E-state index contributed by atoms with van der Waals surface area (Å²) in [5, 5.41) is 0. The summed E-state index contributed by atoms with van der Waals surface area (Å²) in [5.41, 5.74) is 0.982. The van der Waals surface area contributed by atoms with E-state index in [1.807, 2.05) is 17.9 Å². The molecule has 0 bridgehead atoms. The first-order chi connectivity index (χ1) is 9.20. The Labute approximate surface area is 113 Å². The van der Waals surface area contributed by atoms with E-state index >= 15 is 0 Å². The normalized spacial score (nSPS) is 20.6. The molecule has 2 heterocycles. The zero-order valence-corrected chi connectivity index (χ0v) is 11.3. The van der Waals surface area contributed by atoms with E-state index in [0.29, 0.717) is 26.1 Å². The van der Waals surface area contributed by atoms with Crippen LogP contribution in [0.2, 0.25) is 0 Å². The number of rotatable bonds is 3. The average molecular weight is 261 g/mol. The Balaban J connectivity index is 1.59. The molecule has 19 heavy (non-hydrogen) atoms. The van der Waals surface area contributed by atoms with Gasteiger partial charge < -0.3 is 9.64 Å². The number of hydrogen-bond acceptors (Lipinski definition) is 4. The van der Waals surface area contributed by atoms with Gasteiger partial charge >= 0.3 is 0 Å². The molecule has 1 aliphatic carbocycles. The summed E-state index contributed by atoms with van der Waals surface area (Å²) in [5.74, 6) is 0.993. The molecule has 0 radical (unpaired) electrons. The summed E-state index contributed by atoms with van der Waals surface area (Å²) in [6.45, 7) is 3.99. The monoisotopic (exact) mass is 261 g/mol. The van der Waals surface area contributed by atoms with E-state index in [1.54, 1.807) is 6.20 Å². The van der Waals surface area contributed by atoms with Gasteiger partial charge in [-0.05, 0) is 32.3 Å². The summed E-state index contributed by atoms with van der Waals surface area (Å²) in [7, 11) is 0. The number of carbonyl (C=O) groups is 1. The predicted molar refractivity (Wildman–Crippen MR) is 69.6 cm³/mol. The van der Waals surface area contributed by atoms with Crippen LogP contribution < -0.4 is 0 Å². The van der Waals surface area contributed by atoms with Crippen molar-refractivity contribution in [2.75, 3.05) is 19.8 Å². The summed E-state index contributed by atoms with van der Waals surface area (Å²) in [4.78, 5) is 22.8. The molecule has 0 N–H and O–H groups in total. The van der Waals surface area contributed by atoms with E-state index in [2.05, 4.69) is 9.97 Å². The molecule has 0 aromatic carbocycles. The molecule has 0 atom stereocenters. The van der Waals surface area contributed by atoms with E-state index in [0.717, 1.165) is 30.9 Å². The molecule has 102 valence electrons. The van der Waals surface area contributed by atoms with Crippen molar-refractivity contribution in [2.24, 2.45) is 0 Å². The second-order valence-electron chi connectivity index (χ2n) is 5.42. The van der Waals surface area contributed by atoms with Crippen molar-refractivity contribution < 1.29 is 9.53 Å². The third-order valence-electron chi connectivity index (χ3n) is 3.96. The molecule has 3 rings (SSSR count). The van der Waals surface area contributed by atoms with Gasteiger partial charge in [-0.25, -0.2) is 9.97 Å². The lowest BCUT2D eigenvalue weighted by Gasteiger charge is -2.36. The number of amides is 1. The largest absolute Gasteiger partial charge is 0.377 e. The third-order valence-corrected chi connectivity index (χ3v) is 3.96. The van der Waals surface area contributed by atoms with E-state index in [1.165, 1.54) is 0 Å². The highest BCUT2D eigenvalue weighted by Crippen LogP contribution is 2.43. The van der Waals surface area contributed by atoms with Gasteiger partial charge in [0.05, 0.1) is 18.8 Å². The summed E-state index contributed by atoms with van der Waals surface area (Å²) >= 11 is 0. The van der Waals surface area contributed by atoms with Crippen molar-refractivity contribution in [3.8, 4) is 0 Å². The zero-order chi connectivity index (χ0) is 13.3. The van der Waals surface area contributed by atoms with Crippen molar-refractivity contribution >= 4 is 5.91 Å². The molecule has 0 unspecified atom stereocenters. The molecule has 1 saturated heterocycles. The smallest absolute Gasteiger partial charge is 0.223 e. The highest BCUT2D eigenvalue weighted by Gasteiger charge is 2.51. The van der Waals surface area contributed by atoms with Gasteiger partial charge in [0, 0.05) is 24.9 Å². The van der Waals surface area contributed by atoms with Crippen LogP contribution in [0, 0.1) is 6.92 Å². The van der Waals surface area contributed by atoms with E-state index < -0.39 is 0 Å². The molecule has 2 aliphatic rings. The molecule has 5 nitrogen and oxygen atoms in total. The lowest BCUT2D eigenvalue weighted by molar-refractivity contribution is -0.141. The van der Waals surface area contributed by atoms with Gasteiger partial charge in [0.2, 0.25) is 5.91 Å². The van der Waals surface area contributed by atoms with Crippen LogP contribution in [0.4, 0.5) is 0 Å². The first kappa shape index (κ1) is 12.5. The minimum absolute atomic E-state index is 0.0386. The summed E-state index contributed by atoms with van der Waals surface area (Å²) in [6.07, 6.45) is 5.14. The van der Waals surface area contributed by atoms with Gasteiger partial charge in [0.25, 0.3) is 0 Å². The Morgan fingerprint density at radius 3 is 3.11 bits per heavy atom. The van der Waals surface area contributed by atoms with Crippen LogP contribution in [0.5, 0.6) is 0 Å². The Bertz CT molecular complexity index is 485. The van der Waals surface area contributed by atoms with Crippen molar-refractivity contribution in [1.82, 2.24) is 14.9 Å². The van der Waals surface area contributed by atoms with Gasteiger partial charge in [0.1, 0.15) is 5.82 Å². The second kappa shape index (κ2) is 4.89. The quantitative estimate of drug-likeness (QED) is 0.818. The number of aromatic nitrogens is 2. The van der Waals surface area contributed by atoms with Gasteiger partial charge in [-0.3, -0.25) is 4.79 Å². The molecular formula is C14H19N3O2. The Morgan fingerprint density at radius 1 is 1.53 bits per heavy atom. The average Bonchev–Trinajstić information content (AvgIpc) is 3.17. The van der Waals surface area contributed by atoms with Gasteiger partial charge in [0.15, 0.2) is 0 Å². The lowest BCUT2D eigenvalue weighted by atomic mass is 10.1. The van der Waals surface area contributed by atoms with Crippen LogP contribution in [0.3, 0.4) is 0 Å². The van der Waals surface area contributed by atoms with Crippen LogP contribution in [-0.2, 0) is 16.0 Å². The predicted octanol–water partition coefficient (Wildman–Crippen LogP) is 1.11.